The molecule has 1 heterocycles. The van der Waals surface area contributed by atoms with E-state index in [1.54, 1.807) is 18.2 Å². The van der Waals surface area contributed by atoms with Gasteiger partial charge in [0.25, 0.3) is 5.91 Å². The number of carbonyl (C=O) groups excluding carboxylic acids is 1. The van der Waals surface area contributed by atoms with Crippen LogP contribution in [0.1, 0.15) is 21.6 Å². The van der Waals surface area contributed by atoms with Gasteiger partial charge in [0.05, 0.1) is 5.56 Å². The van der Waals surface area contributed by atoms with Gasteiger partial charge in [-0.2, -0.15) is 13.2 Å². The Labute approximate surface area is 127 Å². The Morgan fingerprint density at radius 1 is 1.24 bits per heavy atom. The van der Waals surface area contributed by atoms with Gasteiger partial charge in [0.15, 0.2) is 0 Å². The van der Waals surface area contributed by atoms with Crippen LogP contribution in [0, 0.1) is 6.92 Å². The number of nitrogens with zero attached hydrogens (tertiary/aromatic N) is 1. The molecular weight excluding hydrogens is 349 g/mol. The number of anilines is 1. The highest BCUT2D eigenvalue weighted by atomic mass is 79.9. The SMILES string of the molecule is Cc1ccc(NC(=O)c2ccc(C(F)(F)F)cn2)cc1Br. The number of benzene rings is 1. The van der Waals surface area contributed by atoms with Crippen molar-refractivity contribution in [2.45, 2.75) is 13.1 Å². The number of hydrogen-bond acceptors (Lipinski definition) is 2. The van der Waals surface area contributed by atoms with E-state index in [4.69, 9.17) is 0 Å². The van der Waals surface area contributed by atoms with Gasteiger partial charge in [0, 0.05) is 16.4 Å². The maximum Gasteiger partial charge on any atom is 0.417 e. The molecule has 0 saturated carbocycles. The number of hydrogen-bond donors (Lipinski definition) is 1. The van der Waals surface area contributed by atoms with Crippen LogP contribution in [0.15, 0.2) is 41.0 Å². The molecule has 3 nitrogen and oxygen atoms in total. The van der Waals surface area contributed by atoms with E-state index >= 15 is 0 Å². The third-order valence-corrected chi connectivity index (χ3v) is 3.61. The molecule has 7 heteroatoms. The van der Waals surface area contributed by atoms with Crippen molar-refractivity contribution in [2.75, 3.05) is 5.32 Å². The zero-order valence-corrected chi connectivity index (χ0v) is 12.4. The van der Waals surface area contributed by atoms with Gasteiger partial charge in [-0.05, 0) is 36.8 Å². The van der Waals surface area contributed by atoms with Crippen LogP contribution < -0.4 is 5.32 Å². The Morgan fingerprint density at radius 3 is 2.48 bits per heavy atom. The van der Waals surface area contributed by atoms with Gasteiger partial charge in [0.1, 0.15) is 5.69 Å². The second-order valence-electron chi connectivity index (χ2n) is 4.35. The standard InChI is InChI=1S/C14H10BrF3N2O/c1-8-2-4-10(6-11(8)15)20-13(21)12-5-3-9(7-19-12)14(16,17)18/h2-7H,1H3,(H,20,21). The van der Waals surface area contributed by atoms with Crippen LogP contribution in [0.5, 0.6) is 0 Å². The minimum absolute atomic E-state index is 0.0836. The van der Waals surface area contributed by atoms with E-state index in [0.29, 0.717) is 11.9 Å². The number of aromatic nitrogens is 1. The topological polar surface area (TPSA) is 42.0 Å². The Kier molecular flexibility index (Phi) is 4.32. The molecule has 1 amide bonds. The summed E-state index contributed by atoms with van der Waals surface area (Å²) < 4.78 is 38.0. The summed E-state index contributed by atoms with van der Waals surface area (Å²) >= 11 is 3.33. The fourth-order valence-electron chi connectivity index (χ4n) is 1.56. The fraction of sp³-hybridized carbons (Fsp3) is 0.143. The van der Waals surface area contributed by atoms with Crippen molar-refractivity contribution in [3.8, 4) is 0 Å². The molecule has 0 aliphatic rings. The summed E-state index contributed by atoms with van der Waals surface area (Å²) in [6, 6.07) is 7.08. The first kappa shape index (κ1) is 15.5. The molecule has 110 valence electrons. The van der Waals surface area contributed by atoms with Crippen LogP contribution >= 0.6 is 15.9 Å². The molecule has 1 aromatic carbocycles. The van der Waals surface area contributed by atoms with Crippen molar-refractivity contribution in [1.29, 1.82) is 0 Å². The zero-order valence-electron chi connectivity index (χ0n) is 10.8. The molecule has 1 N–H and O–H groups in total. The molecular formula is C14H10BrF3N2O. The number of aryl methyl sites for hydroxylation is 1. The Bertz CT molecular complexity index is 669. The van der Waals surface area contributed by atoms with Crippen molar-refractivity contribution in [2.24, 2.45) is 0 Å². The molecule has 1 aromatic heterocycles. The highest BCUT2D eigenvalue weighted by Gasteiger charge is 2.30. The lowest BCUT2D eigenvalue weighted by Crippen LogP contribution is -2.15. The van der Waals surface area contributed by atoms with Gasteiger partial charge in [-0.3, -0.25) is 9.78 Å². The number of alkyl halides is 3. The van der Waals surface area contributed by atoms with Crippen LogP contribution in [0.2, 0.25) is 0 Å². The van der Waals surface area contributed by atoms with E-state index < -0.39 is 17.6 Å². The normalized spacial score (nSPS) is 11.3. The monoisotopic (exact) mass is 358 g/mol. The first-order valence-corrected chi connectivity index (χ1v) is 6.67. The maximum atomic E-state index is 12.4. The van der Waals surface area contributed by atoms with E-state index in [2.05, 4.69) is 26.2 Å². The predicted octanol–water partition coefficient (Wildman–Crippen LogP) is 4.42. The average Bonchev–Trinajstić information content (AvgIpc) is 2.42. The molecule has 0 atom stereocenters. The number of rotatable bonds is 2. The molecule has 21 heavy (non-hydrogen) atoms. The lowest BCUT2D eigenvalue weighted by Gasteiger charge is -2.08. The van der Waals surface area contributed by atoms with Crippen LogP contribution in [0.25, 0.3) is 0 Å². The van der Waals surface area contributed by atoms with Crippen molar-refractivity contribution >= 4 is 27.5 Å². The molecule has 0 aliphatic carbocycles. The van der Waals surface area contributed by atoms with Crippen molar-refractivity contribution in [3.63, 3.8) is 0 Å². The van der Waals surface area contributed by atoms with E-state index in [9.17, 15) is 18.0 Å². The molecule has 0 spiro atoms. The number of halogens is 4. The quantitative estimate of drug-likeness (QED) is 0.862. The minimum Gasteiger partial charge on any atom is -0.321 e. The summed E-state index contributed by atoms with van der Waals surface area (Å²) in [5.74, 6) is -0.570. The van der Waals surface area contributed by atoms with Gasteiger partial charge in [0.2, 0.25) is 0 Å². The highest BCUT2D eigenvalue weighted by molar-refractivity contribution is 9.10. The summed E-state index contributed by atoms with van der Waals surface area (Å²) in [6.07, 6.45) is -3.83. The van der Waals surface area contributed by atoms with Gasteiger partial charge in [-0.1, -0.05) is 22.0 Å². The van der Waals surface area contributed by atoms with Crippen molar-refractivity contribution in [1.82, 2.24) is 4.98 Å². The highest BCUT2D eigenvalue weighted by Crippen LogP contribution is 2.28. The second-order valence-corrected chi connectivity index (χ2v) is 5.20. The minimum atomic E-state index is -4.47. The Balaban J connectivity index is 2.15. The average molecular weight is 359 g/mol. The molecule has 0 radical (unpaired) electrons. The largest absolute Gasteiger partial charge is 0.417 e. The first-order valence-electron chi connectivity index (χ1n) is 5.88. The molecule has 0 aliphatic heterocycles. The number of pyridine rings is 1. The van der Waals surface area contributed by atoms with E-state index in [1.807, 2.05) is 6.92 Å². The Hall–Kier alpha value is -1.89. The van der Waals surface area contributed by atoms with Gasteiger partial charge in [-0.15, -0.1) is 0 Å². The summed E-state index contributed by atoms with van der Waals surface area (Å²) in [6.45, 7) is 1.90. The summed E-state index contributed by atoms with van der Waals surface area (Å²) in [7, 11) is 0. The number of carbonyl (C=O) groups is 1. The van der Waals surface area contributed by atoms with E-state index in [1.165, 1.54) is 0 Å². The zero-order chi connectivity index (χ0) is 15.6. The van der Waals surface area contributed by atoms with Gasteiger partial charge < -0.3 is 5.32 Å². The molecule has 0 unspecified atom stereocenters. The van der Waals surface area contributed by atoms with E-state index in [-0.39, 0.29) is 5.69 Å². The van der Waals surface area contributed by atoms with Crippen LogP contribution in [-0.2, 0) is 6.18 Å². The van der Waals surface area contributed by atoms with Crippen LogP contribution in [-0.4, -0.2) is 10.9 Å². The van der Waals surface area contributed by atoms with Gasteiger partial charge >= 0.3 is 6.18 Å². The first-order chi connectivity index (χ1) is 9.77. The summed E-state index contributed by atoms with van der Waals surface area (Å²) in [4.78, 5) is 15.4. The van der Waals surface area contributed by atoms with Crippen LogP contribution in [0.3, 0.4) is 0 Å². The number of amides is 1. The lowest BCUT2D eigenvalue weighted by atomic mass is 10.2. The van der Waals surface area contributed by atoms with Crippen molar-refractivity contribution < 1.29 is 18.0 Å². The van der Waals surface area contributed by atoms with E-state index in [0.717, 1.165) is 22.2 Å². The molecule has 0 saturated heterocycles. The smallest absolute Gasteiger partial charge is 0.321 e. The lowest BCUT2D eigenvalue weighted by molar-refractivity contribution is -0.137. The Morgan fingerprint density at radius 2 is 1.95 bits per heavy atom. The third kappa shape index (κ3) is 3.81. The molecule has 2 rings (SSSR count). The fourth-order valence-corrected chi connectivity index (χ4v) is 1.94. The third-order valence-electron chi connectivity index (χ3n) is 2.75. The molecule has 2 aromatic rings. The van der Waals surface area contributed by atoms with Crippen molar-refractivity contribution in [3.05, 3.63) is 57.8 Å². The predicted molar refractivity (Wildman–Crippen MR) is 76.1 cm³/mol. The van der Waals surface area contributed by atoms with Gasteiger partial charge in [-0.25, -0.2) is 0 Å². The summed E-state index contributed by atoms with van der Waals surface area (Å²) in [5.41, 5.74) is 0.552. The maximum absolute atomic E-state index is 12.4. The van der Waals surface area contributed by atoms with Crippen LogP contribution in [0.4, 0.5) is 18.9 Å². The summed E-state index contributed by atoms with van der Waals surface area (Å²) in [5, 5.41) is 2.57. The second kappa shape index (κ2) is 5.85. The molecule has 0 fully saturated rings. The molecule has 0 bridgehead atoms. The number of nitrogens with one attached hydrogen (secondary N) is 1.